The first-order valence-electron chi connectivity index (χ1n) is 2.36. The molecule has 0 amide bonds. The van der Waals surface area contributed by atoms with Crippen molar-refractivity contribution in [2.45, 2.75) is 19.5 Å². The van der Waals surface area contributed by atoms with Crippen LogP contribution >= 0.6 is 16.9 Å². The van der Waals surface area contributed by atoms with Crippen LogP contribution in [0.4, 0.5) is 0 Å². The molecular weight excluding hydrogens is 163 g/mol. The molecule has 8 heavy (non-hydrogen) atoms. The predicted octanol–water partition coefficient (Wildman–Crippen LogP) is 2.59. The van der Waals surface area contributed by atoms with E-state index in [1.54, 1.807) is 7.11 Å². The zero-order valence-corrected chi connectivity index (χ0v) is 7.69. The van der Waals surface area contributed by atoms with Gasteiger partial charge in [0.15, 0.2) is 5.62 Å². The first kappa shape index (κ1) is 8.90. The minimum atomic E-state index is -1.94. The minimum absolute atomic E-state index is 0.282. The van der Waals surface area contributed by atoms with Crippen LogP contribution in [0.5, 0.6) is 0 Å². The average molecular weight is 173 g/mol. The smallest absolute Gasteiger partial charge is 0.153 e. The van der Waals surface area contributed by atoms with Crippen LogP contribution < -0.4 is 0 Å². The molecule has 1 unspecified atom stereocenters. The largest absolute Gasteiger partial charge is 0.341 e. The summed E-state index contributed by atoms with van der Waals surface area (Å²) in [6, 6.07) is 0. The topological polar surface area (TPSA) is 9.23 Å². The normalized spacial score (nSPS) is 18.6. The fourth-order valence-corrected chi connectivity index (χ4v) is 0.632. The van der Waals surface area contributed by atoms with Gasteiger partial charge in [0.1, 0.15) is 0 Å². The Morgan fingerprint density at radius 3 is 2.00 bits per heavy atom. The molecule has 0 aromatic rings. The molecule has 4 heteroatoms. The first-order chi connectivity index (χ1) is 3.50. The molecule has 0 saturated heterocycles. The zero-order valence-electron chi connectivity index (χ0n) is 5.22. The van der Waals surface area contributed by atoms with E-state index < -0.39 is 5.62 Å². The first-order valence-corrected chi connectivity index (χ1v) is 6.05. The fourth-order valence-electron chi connectivity index (χ4n) is 0.211. The maximum absolute atomic E-state index is 5.76. The summed E-state index contributed by atoms with van der Waals surface area (Å²) in [4.78, 5) is 0. The van der Waals surface area contributed by atoms with E-state index in [0.29, 0.717) is 0 Å². The lowest BCUT2D eigenvalue weighted by Gasteiger charge is -2.14. The third kappa shape index (κ3) is 2.45. The Bertz CT molecular complexity index is 115. The lowest BCUT2D eigenvalue weighted by molar-refractivity contribution is 0.464. The lowest BCUT2D eigenvalue weighted by atomic mass is 10.6. The summed E-state index contributed by atoms with van der Waals surface area (Å²) < 4.78 is 4.89. The second kappa shape index (κ2) is 3.17. The third-order valence-electron chi connectivity index (χ3n) is 0.866. The number of halogens is 1. The second-order valence-corrected chi connectivity index (χ2v) is 7.97. The van der Waals surface area contributed by atoms with Crippen molar-refractivity contribution in [3.05, 3.63) is 0 Å². The van der Waals surface area contributed by atoms with Crippen LogP contribution in [0.25, 0.3) is 0 Å². The zero-order chi connectivity index (χ0) is 6.78. The van der Waals surface area contributed by atoms with Gasteiger partial charge in [-0.1, -0.05) is 25.1 Å². The van der Waals surface area contributed by atoms with E-state index in [2.05, 4.69) is 0 Å². The van der Waals surface area contributed by atoms with Gasteiger partial charge in [-0.15, -0.1) is 0 Å². The SMILES string of the molecule is COP(=S)(Cl)C(C)C. The van der Waals surface area contributed by atoms with Gasteiger partial charge >= 0.3 is 0 Å². The van der Waals surface area contributed by atoms with Crippen molar-refractivity contribution in [2.24, 2.45) is 0 Å². The molecule has 0 aliphatic heterocycles. The maximum Gasteiger partial charge on any atom is 0.153 e. The van der Waals surface area contributed by atoms with Crippen molar-refractivity contribution in [1.82, 2.24) is 0 Å². The molecule has 0 aromatic carbocycles. The second-order valence-electron chi connectivity index (χ2n) is 1.80. The third-order valence-corrected chi connectivity index (χ3v) is 5.89. The van der Waals surface area contributed by atoms with Crippen LogP contribution in [-0.4, -0.2) is 12.8 Å². The van der Waals surface area contributed by atoms with Crippen LogP contribution in [0.1, 0.15) is 13.8 Å². The van der Waals surface area contributed by atoms with E-state index in [4.69, 9.17) is 27.6 Å². The molecule has 0 spiro atoms. The molecule has 1 atom stereocenters. The Morgan fingerprint density at radius 2 is 2.00 bits per heavy atom. The molecule has 0 rings (SSSR count). The van der Waals surface area contributed by atoms with Crippen LogP contribution in [0.15, 0.2) is 0 Å². The summed E-state index contributed by atoms with van der Waals surface area (Å²) in [7, 11) is 1.56. The highest BCUT2D eigenvalue weighted by Gasteiger charge is 2.15. The van der Waals surface area contributed by atoms with Crippen LogP contribution in [0.3, 0.4) is 0 Å². The van der Waals surface area contributed by atoms with E-state index in [1.165, 1.54) is 0 Å². The van der Waals surface area contributed by atoms with Crippen molar-refractivity contribution >= 4 is 28.7 Å². The molecule has 50 valence electrons. The van der Waals surface area contributed by atoms with Crippen molar-refractivity contribution < 1.29 is 4.52 Å². The van der Waals surface area contributed by atoms with Crippen molar-refractivity contribution in [1.29, 1.82) is 0 Å². The Kier molecular flexibility index (Phi) is 3.52. The average Bonchev–Trinajstić information content (AvgIpc) is 1.67. The van der Waals surface area contributed by atoms with Gasteiger partial charge in [-0.25, -0.2) is 0 Å². The Morgan fingerprint density at radius 1 is 1.62 bits per heavy atom. The summed E-state index contributed by atoms with van der Waals surface area (Å²) in [5.74, 6) is 0. The molecule has 0 aromatic heterocycles. The van der Waals surface area contributed by atoms with Crippen LogP contribution in [-0.2, 0) is 16.3 Å². The summed E-state index contributed by atoms with van der Waals surface area (Å²) in [5.41, 5.74) is -1.66. The molecule has 0 radical (unpaired) electrons. The fraction of sp³-hybridized carbons (Fsp3) is 1.00. The Labute approximate surface area is 60.2 Å². The van der Waals surface area contributed by atoms with Gasteiger partial charge in [-0.2, -0.15) is 0 Å². The molecule has 0 aliphatic carbocycles. The minimum Gasteiger partial charge on any atom is -0.341 e. The summed E-state index contributed by atoms with van der Waals surface area (Å²) in [6.07, 6.45) is 0. The molecule has 0 N–H and O–H groups in total. The van der Waals surface area contributed by atoms with Gasteiger partial charge in [0.05, 0.1) is 0 Å². The van der Waals surface area contributed by atoms with Gasteiger partial charge in [0.25, 0.3) is 0 Å². The molecule has 0 aliphatic rings. The highest BCUT2D eigenvalue weighted by atomic mass is 35.7. The molecule has 0 saturated carbocycles. The van der Waals surface area contributed by atoms with Crippen LogP contribution in [0.2, 0.25) is 0 Å². The van der Waals surface area contributed by atoms with Gasteiger partial charge in [-0.3, -0.25) is 0 Å². The molecule has 1 nitrogen and oxygen atoms in total. The van der Waals surface area contributed by atoms with Gasteiger partial charge in [0, 0.05) is 12.8 Å². The predicted molar refractivity (Wildman–Crippen MR) is 42.3 cm³/mol. The Balaban J connectivity index is 3.93. The van der Waals surface area contributed by atoms with Gasteiger partial charge < -0.3 is 4.52 Å². The van der Waals surface area contributed by atoms with Crippen molar-refractivity contribution in [3.63, 3.8) is 0 Å². The van der Waals surface area contributed by atoms with Gasteiger partial charge in [-0.05, 0) is 11.8 Å². The van der Waals surface area contributed by atoms with Gasteiger partial charge in [0.2, 0.25) is 0 Å². The lowest BCUT2D eigenvalue weighted by Crippen LogP contribution is -1.92. The highest BCUT2D eigenvalue weighted by Crippen LogP contribution is 2.56. The van der Waals surface area contributed by atoms with Crippen molar-refractivity contribution in [2.75, 3.05) is 7.11 Å². The number of rotatable bonds is 2. The van der Waals surface area contributed by atoms with E-state index >= 15 is 0 Å². The standard InChI is InChI=1S/C4H10ClOPS/c1-4(2)7(5,8)6-3/h4H,1-3H3. The maximum atomic E-state index is 5.76. The summed E-state index contributed by atoms with van der Waals surface area (Å²) in [5, 5.41) is 0. The molecule has 0 fully saturated rings. The molecule has 0 heterocycles. The summed E-state index contributed by atoms with van der Waals surface area (Å²) in [6.45, 7) is 3.94. The highest BCUT2D eigenvalue weighted by molar-refractivity contribution is 8.25. The monoisotopic (exact) mass is 172 g/mol. The molecule has 0 bridgehead atoms. The van der Waals surface area contributed by atoms with E-state index in [9.17, 15) is 0 Å². The van der Waals surface area contributed by atoms with Crippen molar-refractivity contribution in [3.8, 4) is 0 Å². The number of hydrogen-bond acceptors (Lipinski definition) is 2. The number of hydrogen-bond donors (Lipinski definition) is 0. The van der Waals surface area contributed by atoms with E-state index in [0.717, 1.165) is 0 Å². The van der Waals surface area contributed by atoms with E-state index in [1.807, 2.05) is 13.8 Å². The molecular formula is C4H10ClOPS. The van der Waals surface area contributed by atoms with Crippen LogP contribution in [0, 0.1) is 0 Å². The Hall–Kier alpha value is 0.900. The van der Waals surface area contributed by atoms with E-state index in [-0.39, 0.29) is 5.66 Å². The quantitative estimate of drug-likeness (QED) is 0.593. The summed E-state index contributed by atoms with van der Waals surface area (Å²) >= 11 is 10.7.